The van der Waals surface area contributed by atoms with Crippen molar-refractivity contribution in [3.8, 4) is 5.75 Å². The summed E-state index contributed by atoms with van der Waals surface area (Å²) < 4.78 is 33.6. The van der Waals surface area contributed by atoms with E-state index in [2.05, 4.69) is 5.43 Å². The predicted molar refractivity (Wildman–Crippen MR) is 97.3 cm³/mol. The molecule has 0 spiro atoms. The second-order valence-electron chi connectivity index (χ2n) is 5.97. The van der Waals surface area contributed by atoms with Gasteiger partial charge in [-0.25, -0.2) is 8.78 Å². The van der Waals surface area contributed by atoms with Crippen molar-refractivity contribution in [1.82, 2.24) is 5.43 Å². The van der Waals surface area contributed by atoms with Crippen LogP contribution in [0.25, 0.3) is 0 Å². The molecule has 0 bridgehead atoms. The van der Waals surface area contributed by atoms with Crippen molar-refractivity contribution in [1.29, 1.82) is 0 Å². The summed E-state index contributed by atoms with van der Waals surface area (Å²) in [7, 11) is 0. The first kappa shape index (κ1) is 18.0. The molecule has 3 nitrogen and oxygen atoms in total. The topological polar surface area (TPSA) is 47.3 Å². The Bertz CT molecular complexity index is 835. The number of hydrazine groups is 1. The molecule has 0 aliphatic heterocycles. The summed E-state index contributed by atoms with van der Waals surface area (Å²) in [4.78, 5) is 0. The highest BCUT2D eigenvalue weighted by atomic mass is 19.1. The van der Waals surface area contributed by atoms with Crippen LogP contribution in [0.5, 0.6) is 5.75 Å². The largest absolute Gasteiger partial charge is 0.489 e. The van der Waals surface area contributed by atoms with Crippen LogP contribution in [0.2, 0.25) is 0 Å². The zero-order chi connectivity index (χ0) is 18.4. The van der Waals surface area contributed by atoms with Crippen LogP contribution < -0.4 is 16.0 Å². The molecule has 3 N–H and O–H groups in total. The molecule has 0 heterocycles. The Hall–Kier alpha value is -2.76. The van der Waals surface area contributed by atoms with Crippen molar-refractivity contribution < 1.29 is 13.5 Å². The number of hydrogen-bond acceptors (Lipinski definition) is 3. The Kier molecular flexibility index (Phi) is 5.94. The summed E-state index contributed by atoms with van der Waals surface area (Å²) in [5.74, 6) is 5.14. The number of benzene rings is 3. The van der Waals surface area contributed by atoms with Gasteiger partial charge in [-0.2, -0.15) is 0 Å². The molecule has 1 atom stereocenters. The van der Waals surface area contributed by atoms with Crippen molar-refractivity contribution in [2.75, 3.05) is 0 Å². The molecule has 0 aliphatic carbocycles. The average Bonchev–Trinajstić information content (AvgIpc) is 2.67. The highest BCUT2D eigenvalue weighted by Crippen LogP contribution is 2.25. The molecule has 0 amide bonds. The van der Waals surface area contributed by atoms with E-state index in [1.165, 1.54) is 18.2 Å². The molecule has 0 aromatic heterocycles. The third-order valence-corrected chi connectivity index (χ3v) is 4.18. The summed E-state index contributed by atoms with van der Waals surface area (Å²) in [6, 6.07) is 20.5. The first-order valence-electron chi connectivity index (χ1n) is 8.33. The Morgan fingerprint density at radius 3 is 2.27 bits per heavy atom. The Morgan fingerprint density at radius 2 is 1.58 bits per heavy atom. The van der Waals surface area contributed by atoms with Gasteiger partial charge in [0.2, 0.25) is 0 Å². The van der Waals surface area contributed by atoms with E-state index in [9.17, 15) is 8.78 Å². The van der Waals surface area contributed by atoms with E-state index in [4.69, 9.17) is 10.6 Å². The Morgan fingerprint density at radius 1 is 0.885 bits per heavy atom. The van der Waals surface area contributed by atoms with Gasteiger partial charge in [0.25, 0.3) is 0 Å². The van der Waals surface area contributed by atoms with Crippen LogP contribution in [0.4, 0.5) is 8.78 Å². The van der Waals surface area contributed by atoms with Gasteiger partial charge in [-0.15, -0.1) is 0 Å². The van der Waals surface area contributed by atoms with Crippen molar-refractivity contribution in [2.24, 2.45) is 5.84 Å². The first-order chi connectivity index (χ1) is 12.7. The highest BCUT2D eigenvalue weighted by molar-refractivity contribution is 5.32. The summed E-state index contributed by atoms with van der Waals surface area (Å²) in [5, 5.41) is 0. The smallest absolute Gasteiger partial charge is 0.129 e. The lowest BCUT2D eigenvalue weighted by molar-refractivity contribution is 0.305. The van der Waals surface area contributed by atoms with Crippen LogP contribution in [-0.4, -0.2) is 0 Å². The summed E-state index contributed by atoms with van der Waals surface area (Å²) >= 11 is 0. The van der Waals surface area contributed by atoms with Crippen LogP contribution in [0.15, 0.2) is 72.8 Å². The lowest BCUT2D eigenvalue weighted by Crippen LogP contribution is -2.30. The minimum absolute atomic E-state index is 0.00561. The second kappa shape index (κ2) is 8.56. The van der Waals surface area contributed by atoms with Gasteiger partial charge in [0.15, 0.2) is 0 Å². The van der Waals surface area contributed by atoms with Gasteiger partial charge in [0.1, 0.15) is 24.0 Å². The van der Waals surface area contributed by atoms with Crippen molar-refractivity contribution in [3.05, 3.63) is 101 Å². The van der Waals surface area contributed by atoms with E-state index in [0.717, 1.165) is 11.1 Å². The van der Waals surface area contributed by atoms with Crippen LogP contribution in [-0.2, 0) is 13.0 Å². The minimum atomic E-state index is -0.582. The van der Waals surface area contributed by atoms with Crippen molar-refractivity contribution in [2.45, 2.75) is 19.1 Å². The predicted octanol–water partition coefficient (Wildman–Crippen LogP) is 4.29. The van der Waals surface area contributed by atoms with Gasteiger partial charge in [0, 0.05) is 5.56 Å². The van der Waals surface area contributed by atoms with Gasteiger partial charge < -0.3 is 4.74 Å². The SMILES string of the molecule is NNC(Cc1c(F)cccc1F)c1cccc(OCc2ccccc2)c1. The van der Waals surface area contributed by atoms with E-state index in [1.54, 1.807) is 0 Å². The van der Waals surface area contributed by atoms with E-state index >= 15 is 0 Å². The monoisotopic (exact) mass is 354 g/mol. The maximum atomic E-state index is 13.9. The molecule has 1 unspecified atom stereocenters. The minimum Gasteiger partial charge on any atom is -0.489 e. The molecule has 26 heavy (non-hydrogen) atoms. The molecule has 3 aromatic carbocycles. The normalized spacial score (nSPS) is 12.0. The fraction of sp³-hybridized carbons (Fsp3) is 0.143. The number of hydrogen-bond donors (Lipinski definition) is 2. The quantitative estimate of drug-likeness (QED) is 0.491. The third kappa shape index (κ3) is 4.45. The van der Waals surface area contributed by atoms with Crippen molar-refractivity contribution in [3.63, 3.8) is 0 Å². The molecule has 5 heteroatoms. The Balaban J connectivity index is 1.74. The first-order valence-corrected chi connectivity index (χ1v) is 8.33. The second-order valence-corrected chi connectivity index (χ2v) is 5.97. The fourth-order valence-corrected chi connectivity index (χ4v) is 2.77. The number of rotatable bonds is 7. The molecular formula is C21H20F2N2O. The van der Waals surface area contributed by atoms with E-state index in [-0.39, 0.29) is 12.0 Å². The zero-order valence-electron chi connectivity index (χ0n) is 14.2. The summed E-state index contributed by atoms with van der Waals surface area (Å²) in [6.45, 7) is 0.437. The Labute approximate surface area is 151 Å². The van der Waals surface area contributed by atoms with Crippen LogP contribution >= 0.6 is 0 Å². The third-order valence-electron chi connectivity index (χ3n) is 4.18. The zero-order valence-corrected chi connectivity index (χ0v) is 14.2. The molecule has 0 radical (unpaired) electrons. The standard InChI is InChI=1S/C21H20F2N2O/c22-19-10-5-11-20(23)18(19)13-21(25-24)16-8-4-9-17(12-16)26-14-15-6-2-1-3-7-15/h1-12,21,25H,13-14,24H2. The van der Waals surface area contributed by atoms with E-state index < -0.39 is 17.7 Å². The number of nitrogens with one attached hydrogen (secondary N) is 1. The lowest BCUT2D eigenvalue weighted by atomic mass is 9.98. The highest BCUT2D eigenvalue weighted by Gasteiger charge is 2.17. The van der Waals surface area contributed by atoms with Gasteiger partial charge in [-0.3, -0.25) is 11.3 Å². The molecular weight excluding hydrogens is 334 g/mol. The fourth-order valence-electron chi connectivity index (χ4n) is 2.77. The molecule has 134 valence electrons. The molecule has 0 saturated heterocycles. The number of ether oxygens (including phenoxy) is 1. The lowest BCUT2D eigenvalue weighted by Gasteiger charge is -2.18. The number of nitrogens with two attached hydrogens (primary N) is 1. The van der Waals surface area contributed by atoms with Gasteiger partial charge >= 0.3 is 0 Å². The molecule has 0 fully saturated rings. The van der Waals surface area contributed by atoms with Gasteiger partial charge in [-0.05, 0) is 41.8 Å². The maximum Gasteiger partial charge on any atom is 0.129 e. The van der Waals surface area contributed by atoms with Crippen LogP contribution in [0, 0.1) is 11.6 Å². The van der Waals surface area contributed by atoms with E-state index in [1.807, 2.05) is 54.6 Å². The average molecular weight is 354 g/mol. The summed E-state index contributed by atoms with van der Waals surface area (Å²) in [6.07, 6.45) is 0.0944. The number of halogens is 2. The maximum absolute atomic E-state index is 13.9. The van der Waals surface area contributed by atoms with E-state index in [0.29, 0.717) is 12.4 Å². The van der Waals surface area contributed by atoms with Crippen LogP contribution in [0.1, 0.15) is 22.7 Å². The van der Waals surface area contributed by atoms with Crippen LogP contribution in [0.3, 0.4) is 0 Å². The summed E-state index contributed by atoms with van der Waals surface area (Å²) in [5.41, 5.74) is 4.49. The molecule has 3 rings (SSSR count). The molecule has 0 saturated carbocycles. The molecule has 0 aliphatic rings. The molecule has 3 aromatic rings. The van der Waals surface area contributed by atoms with Crippen molar-refractivity contribution >= 4 is 0 Å². The van der Waals surface area contributed by atoms with Gasteiger partial charge in [-0.1, -0.05) is 48.5 Å². The van der Waals surface area contributed by atoms with Gasteiger partial charge in [0.05, 0.1) is 6.04 Å².